The Morgan fingerprint density at radius 1 is 1.23 bits per heavy atom. The van der Waals surface area contributed by atoms with Gasteiger partial charge in [-0.3, -0.25) is 9.48 Å². The maximum Gasteiger partial charge on any atom is 0.312 e. The van der Waals surface area contributed by atoms with E-state index in [0.29, 0.717) is 23.7 Å². The van der Waals surface area contributed by atoms with E-state index in [1.165, 1.54) is 0 Å². The van der Waals surface area contributed by atoms with Crippen molar-refractivity contribution in [2.75, 3.05) is 6.79 Å². The van der Waals surface area contributed by atoms with E-state index in [9.17, 15) is 4.79 Å². The lowest BCUT2D eigenvalue weighted by Gasteiger charge is -2.24. The van der Waals surface area contributed by atoms with Gasteiger partial charge in [-0.15, -0.1) is 0 Å². The van der Waals surface area contributed by atoms with Gasteiger partial charge in [0.2, 0.25) is 6.79 Å². The second kappa shape index (κ2) is 4.76. The molecule has 1 aromatic heterocycles. The monoisotopic (exact) mass is 300 g/mol. The van der Waals surface area contributed by atoms with Crippen LogP contribution in [0.15, 0.2) is 24.5 Å². The lowest BCUT2D eigenvalue weighted by molar-refractivity contribution is -0.135. The van der Waals surface area contributed by atoms with Crippen LogP contribution in [0.25, 0.3) is 0 Å². The number of nitrogens with zero attached hydrogens (tertiary/aromatic N) is 2. The minimum absolute atomic E-state index is 0.0711. The van der Waals surface area contributed by atoms with Gasteiger partial charge in [0, 0.05) is 29.8 Å². The van der Waals surface area contributed by atoms with Crippen LogP contribution < -0.4 is 14.2 Å². The van der Waals surface area contributed by atoms with Crippen molar-refractivity contribution in [1.29, 1.82) is 0 Å². The van der Waals surface area contributed by atoms with E-state index in [1.54, 1.807) is 6.07 Å². The molecular weight excluding hydrogens is 284 g/mol. The van der Waals surface area contributed by atoms with Gasteiger partial charge in [0.05, 0.1) is 12.6 Å². The van der Waals surface area contributed by atoms with Crippen molar-refractivity contribution in [1.82, 2.24) is 9.78 Å². The summed E-state index contributed by atoms with van der Waals surface area (Å²) in [7, 11) is 0. The van der Waals surface area contributed by atoms with Gasteiger partial charge in [-0.1, -0.05) is 0 Å². The van der Waals surface area contributed by atoms with E-state index in [2.05, 4.69) is 18.9 Å². The van der Waals surface area contributed by atoms with Crippen LogP contribution in [0.4, 0.5) is 0 Å². The van der Waals surface area contributed by atoms with Gasteiger partial charge < -0.3 is 14.2 Å². The van der Waals surface area contributed by atoms with Gasteiger partial charge in [0.1, 0.15) is 5.75 Å². The summed E-state index contributed by atoms with van der Waals surface area (Å²) in [6.07, 6.45) is 4.11. The fraction of sp³-hybridized carbons (Fsp3) is 0.375. The first-order valence-electron chi connectivity index (χ1n) is 7.30. The normalized spacial score (nSPS) is 19.2. The molecule has 2 aliphatic rings. The second-order valence-corrected chi connectivity index (χ2v) is 5.82. The van der Waals surface area contributed by atoms with Gasteiger partial charge in [0.15, 0.2) is 11.5 Å². The van der Waals surface area contributed by atoms with Crippen LogP contribution >= 0.6 is 0 Å². The van der Waals surface area contributed by atoms with Crippen molar-refractivity contribution in [3.63, 3.8) is 0 Å². The molecule has 0 amide bonds. The number of ether oxygens (including phenoxy) is 3. The van der Waals surface area contributed by atoms with Gasteiger partial charge >= 0.3 is 5.97 Å². The SMILES string of the molecule is CC(C)n1cc([C@H]2CC(=O)Oc3cc4c(cc32)OCO4)cn1. The third-order valence-corrected chi connectivity index (χ3v) is 4.03. The molecule has 0 aliphatic carbocycles. The predicted molar refractivity (Wildman–Crippen MR) is 77.3 cm³/mol. The fourth-order valence-corrected chi connectivity index (χ4v) is 2.85. The highest BCUT2D eigenvalue weighted by Crippen LogP contribution is 2.45. The first kappa shape index (κ1) is 13.2. The number of hydrogen-bond acceptors (Lipinski definition) is 5. The fourth-order valence-electron chi connectivity index (χ4n) is 2.85. The molecule has 0 bridgehead atoms. The third kappa shape index (κ3) is 2.03. The molecule has 0 saturated heterocycles. The van der Waals surface area contributed by atoms with Crippen LogP contribution in [0, 0.1) is 0 Å². The molecule has 4 rings (SSSR count). The standard InChI is InChI=1S/C16H16N2O4/c1-9(2)18-7-10(6-17-18)11-4-16(19)22-13-5-15-14(3-12(11)13)20-8-21-15/h3,5-7,9,11H,4,8H2,1-2H3/t11-/m1/s1. The number of fused-ring (bicyclic) bond motifs is 2. The highest BCUT2D eigenvalue weighted by atomic mass is 16.7. The molecule has 114 valence electrons. The molecule has 2 aliphatic heterocycles. The van der Waals surface area contributed by atoms with Crippen molar-refractivity contribution >= 4 is 5.97 Å². The molecule has 6 nitrogen and oxygen atoms in total. The number of esters is 1. The van der Waals surface area contributed by atoms with Crippen LogP contribution in [-0.2, 0) is 4.79 Å². The van der Waals surface area contributed by atoms with Crippen LogP contribution in [-0.4, -0.2) is 22.5 Å². The van der Waals surface area contributed by atoms with Crippen molar-refractivity contribution in [3.8, 4) is 17.2 Å². The maximum atomic E-state index is 11.9. The lowest BCUT2D eigenvalue weighted by atomic mass is 9.88. The van der Waals surface area contributed by atoms with E-state index < -0.39 is 0 Å². The lowest BCUT2D eigenvalue weighted by Crippen LogP contribution is -2.20. The van der Waals surface area contributed by atoms with Crippen molar-refractivity contribution in [2.45, 2.75) is 32.2 Å². The first-order chi connectivity index (χ1) is 10.6. The first-order valence-corrected chi connectivity index (χ1v) is 7.30. The van der Waals surface area contributed by atoms with Gasteiger partial charge in [0.25, 0.3) is 0 Å². The third-order valence-electron chi connectivity index (χ3n) is 4.03. The number of aromatic nitrogens is 2. The van der Waals surface area contributed by atoms with Crippen LogP contribution in [0.3, 0.4) is 0 Å². The smallest absolute Gasteiger partial charge is 0.312 e. The summed E-state index contributed by atoms with van der Waals surface area (Å²) in [5, 5.41) is 4.37. The highest BCUT2D eigenvalue weighted by Gasteiger charge is 2.32. The molecule has 0 saturated carbocycles. The Hall–Kier alpha value is -2.50. The molecule has 0 spiro atoms. The number of benzene rings is 1. The molecule has 22 heavy (non-hydrogen) atoms. The summed E-state index contributed by atoms with van der Waals surface area (Å²) in [6.45, 7) is 4.33. The average Bonchev–Trinajstić information content (AvgIpc) is 3.13. The Kier molecular flexibility index (Phi) is 2.85. The van der Waals surface area contributed by atoms with E-state index in [4.69, 9.17) is 14.2 Å². The van der Waals surface area contributed by atoms with Gasteiger partial charge in [-0.05, 0) is 25.5 Å². The summed E-state index contributed by atoms with van der Waals surface area (Å²) in [6, 6.07) is 3.91. The number of carbonyl (C=O) groups excluding carboxylic acids is 1. The van der Waals surface area contributed by atoms with E-state index >= 15 is 0 Å². The summed E-state index contributed by atoms with van der Waals surface area (Å²) in [5.41, 5.74) is 1.94. The molecule has 0 fully saturated rings. The Labute approximate surface area is 127 Å². The van der Waals surface area contributed by atoms with Gasteiger partial charge in [-0.25, -0.2) is 0 Å². The van der Waals surface area contributed by atoms with Crippen LogP contribution in [0.5, 0.6) is 17.2 Å². The quantitative estimate of drug-likeness (QED) is 0.630. The molecule has 1 atom stereocenters. The summed E-state index contributed by atoms with van der Waals surface area (Å²) in [5.74, 6) is 1.54. The number of rotatable bonds is 2. The topological polar surface area (TPSA) is 62.6 Å². The summed E-state index contributed by atoms with van der Waals surface area (Å²) in [4.78, 5) is 11.9. The van der Waals surface area contributed by atoms with Crippen molar-refractivity contribution in [3.05, 3.63) is 35.7 Å². The zero-order chi connectivity index (χ0) is 15.3. The zero-order valence-electron chi connectivity index (χ0n) is 12.4. The molecule has 3 heterocycles. The number of hydrogen-bond donors (Lipinski definition) is 0. The van der Waals surface area contributed by atoms with E-state index in [1.807, 2.05) is 23.1 Å². The molecule has 2 aromatic rings. The maximum absolute atomic E-state index is 11.9. The van der Waals surface area contributed by atoms with E-state index in [-0.39, 0.29) is 24.7 Å². The molecule has 0 N–H and O–H groups in total. The predicted octanol–water partition coefficient (Wildman–Crippen LogP) is 2.63. The molecule has 0 radical (unpaired) electrons. The largest absolute Gasteiger partial charge is 0.454 e. The molecule has 6 heteroatoms. The Morgan fingerprint density at radius 3 is 2.73 bits per heavy atom. The van der Waals surface area contributed by atoms with Crippen LogP contribution in [0.1, 0.15) is 43.4 Å². The van der Waals surface area contributed by atoms with Crippen LogP contribution in [0.2, 0.25) is 0 Å². The molecular formula is C16H16N2O4. The second-order valence-electron chi connectivity index (χ2n) is 5.82. The Morgan fingerprint density at radius 2 is 2.00 bits per heavy atom. The molecule has 0 unspecified atom stereocenters. The summed E-state index contributed by atoms with van der Waals surface area (Å²) >= 11 is 0. The van der Waals surface area contributed by atoms with Crippen molar-refractivity contribution in [2.24, 2.45) is 0 Å². The zero-order valence-corrected chi connectivity index (χ0v) is 12.4. The minimum atomic E-state index is -0.242. The Bertz CT molecular complexity index is 751. The average molecular weight is 300 g/mol. The Balaban J connectivity index is 1.79. The molecule has 1 aromatic carbocycles. The summed E-state index contributed by atoms with van der Waals surface area (Å²) < 4.78 is 18.0. The number of carbonyl (C=O) groups is 1. The highest BCUT2D eigenvalue weighted by molar-refractivity contribution is 5.78. The van der Waals surface area contributed by atoms with E-state index in [0.717, 1.165) is 11.1 Å². The minimum Gasteiger partial charge on any atom is -0.454 e. The van der Waals surface area contributed by atoms with Crippen molar-refractivity contribution < 1.29 is 19.0 Å². The van der Waals surface area contributed by atoms with Gasteiger partial charge in [-0.2, -0.15) is 5.10 Å².